The largest absolute Gasteiger partial charge is 0.355 e. The summed E-state index contributed by atoms with van der Waals surface area (Å²) in [4.78, 5) is 19.4. The number of benzene rings is 2. The molecule has 0 aliphatic carbocycles. The van der Waals surface area contributed by atoms with E-state index in [4.69, 9.17) is 0 Å². The Morgan fingerprint density at radius 1 is 0.906 bits per heavy atom. The van der Waals surface area contributed by atoms with Gasteiger partial charge in [-0.1, -0.05) is 50.3 Å². The summed E-state index contributed by atoms with van der Waals surface area (Å²) < 4.78 is 0. The van der Waals surface area contributed by atoms with E-state index < -0.39 is 0 Å². The third kappa shape index (κ3) is 7.47. The van der Waals surface area contributed by atoms with Crippen LogP contribution in [0.5, 0.6) is 0 Å². The third-order valence-corrected chi connectivity index (χ3v) is 5.52. The Kier molecular flexibility index (Phi) is 9.20. The van der Waals surface area contributed by atoms with E-state index in [2.05, 4.69) is 41.2 Å². The molecule has 1 heterocycles. The Hall–Kier alpha value is -3.24. The maximum Gasteiger partial charge on any atom is 0.162 e. The van der Waals surface area contributed by atoms with Crippen molar-refractivity contribution in [1.29, 1.82) is 0 Å². The fourth-order valence-electron chi connectivity index (χ4n) is 3.62. The molecule has 0 aliphatic heterocycles. The smallest absolute Gasteiger partial charge is 0.162 e. The van der Waals surface area contributed by atoms with Crippen LogP contribution in [0.15, 0.2) is 72.9 Å². The lowest BCUT2D eigenvalue weighted by atomic mass is 10.0. The molecule has 2 aromatic carbocycles. The number of hydrogen-bond donors (Lipinski definition) is 1. The molecule has 3 rings (SSSR count). The highest BCUT2D eigenvalue weighted by Gasteiger charge is 2.07. The molecular formula is C28H33N3O. The van der Waals surface area contributed by atoms with Crippen LogP contribution < -0.4 is 5.32 Å². The summed E-state index contributed by atoms with van der Waals surface area (Å²) in [5.74, 6) is 0.209. The summed E-state index contributed by atoms with van der Waals surface area (Å²) in [7, 11) is 0. The molecule has 166 valence electrons. The topological polar surface area (TPSA) is 45.2 Å². The van der Waals surface area contributed by atoms with Crippen LogP contribution >= 0.6 is 0 Å². The van der Waals surface area contributed by atoms with Gasteiger partial charge in [0.25, 0.3) is 0 Å². The fraction of sp³-hybridized carbons (Fsp3) is 0.286. The Morgan fingerprint density at radius 3 is 2.44 bits per heavy atom. The number of rotatable bonds is 12. The summed E-state index contributed by atoms with van der Waals surface area (Å²) >= 11 is 0. The molecule has 1 aromatic heterocycles. The quantitative estimate of drug-likeness (QED) is 0.258. The average Bonchev–Trinajstić information content (AvgIpc) is 2.84. The number of nitrogens with zero attached hydrogens (tertiary/aromatic N) is 2. The van der Waals surface area contributed by atoms with Crippen LogP contribution in [0, 0.1) is 0 Å². The SMILES string of the molecule is CCN(CC)CCCCC(=O)c1cccc(Nc2cccc(/C=C/c3ccccn3)c2)c1. The second-order valence-electron chi connectivity index (χ2n) is 7.83. The van der Waals surface area contributed by atoms with Crippen LogP contribution in [-0.4, -0.2) is 35.3 Å². The van der Waals surface area contributed by atoms with E-state index in [0.29, 0.717) is 6.42 Å². The third-order valence-electron chi connectivity index (χ3n) is 5.52. The van der Waals surface area contributed by atoms with Crippen molar-refractivity contribution in [2.75, 3.05) is 25.0 Å². The molecule has 32 heavy (non-hydrogen) atoms. The van der Waals surface area contributed by atoms with Crippen molar-refractivity contribution in [2.45, 2.75) is 33.1 Å². The molecule has 0 unspecified atom stereocenters. The first kappa shape index (κ1) is 23.4. The van der Waals surface area contributed by atoms with Gasteiger partial charge >= 0.3 is 0 Å². The number of anilines is 2. The van der Waals surface area contributed by atoms with Crippen molar-refractivity contribution < 1.29 is 4.79 Å². The van der Waals surface area contributed by atoms with Gasteiger partial charge in [0.15, 0.2) is 5.78 Å². The fourth-order valence-corrected chi connectivity index (χ4v) is 3.62. The van der Waals surface area contributed by atoms with Crippen LogP contribution in [0.1, 0.15) is 54.7 Å². The van der Waals surface area contributed by atoms with E-state index in [9.17, 15) is 4.79 Å². The van der Waals surface area contributed by atoms with Crippen LogP contribution in [0.3, 0.4) is 0 Å². The molecule has 1 N–H and O–H groups in total. The molecule has 0 saturated carbocycles. The minimum Gasteiger partial charge on any atom is -0.355 e. The van der Waals surface area contributed by atoms with Gasteiger partial charge in [-0.2, -0.15) is 0 Å². The van der Waals surface area contributed by atoms with Crippen molar-refractivity contribution in [3.63, 3.8) is 0 Å². The number of hydrogen-bond acceptors (Lipinski definition) is 4. The lowest BCUT2D eigenvalue weighted by Crippen LogP contribution is -2.24. The molecule has 0 aliphatic rings. The Morgan fingerprint density at radius 2 is 1.69 bits per heavy atom. The summed E-state index contributed by atoms with van der Waals surface area (Å²) in [6, 6.07) is 21.8. The molecule has 0 spiro atoms. The molecule has 4 heteroatoms. The van der Waals surface area contributed by atoms with E-state index in [-0.39, 0.29) is 5.78 Å². The zero-order valence-corrected chi connectivity index (χ0v) is 19.1. The summed E-state index contributed by atoms with van der Waals surface area (Å²) in [6.45, 7) is 7.56. The van der Waals surface area contributed by atoms with Gasteiger partial charge in [-0.25, -0.2) is 0 Å². The number of unbranched alkanes of at least 4 members (excludes halogenated alkanes) is 1. The van der Waals surface area contributed by atoms with Gasteiger partial charge in [0.05, 0.1) is 5.69 Å². The first-order chi connectivity index (χ1) is 15.7. The molecule has 0 amide bonds. The highest BCUT2D eigenvalue weighted by Crippen LogP contribution is 2.21. The van der Waals surface area contributed by atoms with Gasteiger partial charge < -0.3 is 10.2 Å². The zero-order chi connectivity index (χ0) is 22.6. The van der Waals surface area contributed by atoms with E-state index >= 15 is 0 Å². The predicted octanol–water partition coefficient (Wildman–Crippen LogP) is 6.69. The van der Waals surface area contributed by atoms with Gasteiger partial charge in [0, 0.05) is 29.6 Å². The van der Waals surface area contributed by atoms with E-state index in [1.165, 1.54) is 0 Å². The van der Waals surface area contributed by atoms with Gasteiger partial charge in [-0.15, -0.1) is 0 Å². The highest BCUT2D eigenvalue weighted by molar-refractivity contribution is 5.97. The normalized spacial score (nSPS) is 11.2. The first-order valence-corrected chi connectivity index (χ1v) is 11.5. The predicted molar refractivity (Wildman–Crippen MR) is 135 cm³/mol. The maximum atomic E-state index is 12.7. The Balaban J connectivity index is 1.57. The van der Waals surface area contributed by atoms with Crippen molar-refractivity contribution in [3.05, 3.63) is 89.7 Å². The number of pyridine rings is 1. The van der Waals surface area contributed by atoms with Gasteiger partial charge in [0.1, 0.15) is 0 Å². The van der Waals surface area contributed by atoms with Crippen LogP contribution in [0.2, 0.25) is 0 Å². The molecule has 0 bridgehead atoms. The minimum atomic E-state index is 0.209. The summed E-state index contributed by atoms with van der Waals surface area (Å²) in [6.07, 6.45) is 8.42. The van der Waals surface area contributed by atoms with Crippen molar-refractivity contribution >= 4 is 29.3 Å². The lowest BCUT2D eigenvalue weighted by Gasteiger charge is -2.17. The summed E-state index contributed by atoms with van der Waals surface area (Å²) in [5, 5.41) is 3.43. The zero-order valence-electron chi connectivity index (χ0n) is 19.1. The van der Waals surface area contributed by atoms with Gasteiger partial charge in [0.2, 0.25) is 0 Å². The second-order valence-corrected chi connectivity index (χ2v) is 7.83. The van der Waals surface area contributed by atoms with Crippen LogP contribution in [0.25, 0.3) is 12.2 Å². The second kappa shape index (κ2) is 12.6. The van der Waals surface area contributed by atoms with Gasteiger partial charge in [-0.05, 0) is 80.5 Å². The molecular weight excluding hydrogens is 394 g/mol. The number of carbonyl (C=O) groups is 1. The van der Waals surface area contributed by atoms with Crippen molar-refractivity contribution in [3.8, 4) is 0 Å². The van der Waals surface area contributed by atoms with Crippen LogP contribution in [0.4, 0.5) is 11.4 Å². The Bertz CT molecular complexity index is 1010. The molecule has 3 aromatic rings. The van der Waals surface area contributed by atoms with Gasteiger partial charge in [-0.3, -0.25) is 9.78 Å². The van der Waals surface area contributed by atoms with Crippen molar-refractivity contribution in [1.82, 2.24) is 9.88 Å². The lowest BCUT2D eigenvalue weighted by molar-refractivity contribution is 0.0978. The molecule has 0 saturated heterocycles. The Labute approximate surface area is 192 Å². The number of nitrogens with one attached hydrogen (secondary N) is 1. The van der Waals surface area contributed by atoms with E-state index in [1.807, 2.05) is 66.7 Å². The first-order valence-electron chi connectivity index (χ1n) is 11.5. The number of carbonyl (C=O) groups excluding carboxylic acids is 1. The maximum absolute atomic E-state index is 12.7. The number of Topliss-reactive ketones (excluding diaryl/α,β-unsaturated/α-hetero) is 1. The highest BCUT2D eigenvalue weighted by atomic mass is 16.1. The van der Waals surface area contributed by atoms with E-state index in [0.717, 1.165) is 60.7 Å². The molecule has 0 fully saturated rings. The van der Waals surface area contributed by atoms with Crippen LogP contribution in [-0.2, 0) is 0 Å². The number of ketones is 1. The standard InChI is InChI=1S/C28H33N3O/c1-3-31(4-2)20-8-6-16-28(32)24-12-10-15-27(22-24)30-26-14-9-11-23(21-26)17-18-25-13-5-7-19-29-25/h5,7,9-15,17-19,21-22,30H,3-4,6,8,16,20H2,1-2H3/b18-17+. The summed E-state index contributed by atoms with van der Waals surface area (Å²) in [5.41, 5.74) is 4.68. The van der Waals surface area contributed by atoms with Crippen molar-refractivity contribution in [2.24, 2.45) is 0 Å². The molecule has 0 radical (unpaired) electrons. The average molecular weight is 428 g/mol. The molecule has 0 atom stereocenters. The monoisotopic (exact) mass is 427 g/mol. The number of aromatic nitrogens is 1. The van der Waals surface area contributed by atoms with E-state index in [1.54, 1.807) is 6.20 Å². The minimum absolute atomic E-state index is 0.209. The molecule has 4 nitrogen and oxygen atoms in total.